The molecule has 2 fully saturated rings. The first kappa shape index (κ1) is 23.4. The number of rotatable bonds is 0. The summed E-state index contributed by atoms with van der Waals surface area (Å²) in [5.41, 5.74) is 9.62. The molecule has 2 rings (SSSR count). The molecule has 0 bridgehead atoms. The molecule has 0 aromatic rings. The molecule has 156 valence electrons. The van der Waals surface area contributed by atoms with Crippen molar-refractivity contribution in [2.75, 3.05) is 0 Å². The van der Waals surface area contributed by atoms with Crippen molar-refractivity contribution < 1.29 is 59.8 Å². The highest BCUT2D eigenvalue weighted by Crippen LogP contribution is 2.30. The van der Waals surface area contributed by atoms with Crippen molar-refractivity contribution in [3.8, 4) is 0 Å². The van der Waals surface area contributed by atoms with Gasteiger partial charge < -0.3 is 51.1 Å². The maximum absolute atomic E-state index is 13.2. The molecule has 0 aromatic heterocycles. The molecule has 0 radical (unpaired) electrons. The Labute approximate surface area is 145 Å². The van der Waals surface area contributed by atoms with Crippen LogP contribution in [0.4, 0.5) is 8.78 Å². The fraction of sp³-hybridized carbons (Fsp3) is 1.00. The van der Waals surface area contributed by atoms with E-state index >= 15 is 0 Å². The van der Waals surface area contributed by atoms with Crippen molar-refractivity contribution in [1.29, 1.82) is 0 Å². The number of alkyl halides is 2. The number of nitrogens with two attached hydrogens (primary N) is 2. The first-order valence-corrected chi connectivity index (χ1v) is 7.36. The molecule has 0 amide bonds. The van der Waals surface area contributed by atoms with Gasteiger partial charge in [-0.05, 0) is 0 Å². The van der Waals surface area contributed by atoms with E-state index in [1.54, 1.807) is 0 Å². The summed E-state index contributed by atoms with van der Waals surface area (Å²) in [7, 11) is 0. The van der Waals surface area contributed by atoms with Gasteiger partial charge in [0.2, 0.25) is 11.6 Å². The van der Waals surface area contributed by atoms with Crippen molar-refractivity contribution in [1.82, 2.24) is 0 Å². The van der Waals surface area contributed by atoms with Gasteiger partial charge in [0.1, 0.15) is 61.0 Å². The highest BCUT2D eigenvalue weighted by Gasteiger charge is 2.58. The zero-order chi connectivity index (χ0) is 20.8. The van der Waals surface area contributed by atoms with Gasteiger partial charge >= 0.3 is 0 Å². The Morgan fingerprint density at radius 1 is 0.423 bits per heavy atom. The molecule has 12 nitrogen and oxygen atoms in total. The maximum atomic E-state index is 13.2. The van der Waals surface area contributed by atoms with Crippen LogP contribution in [0, 0.1) is 0 Å². The van der Waals surface area contributed by atoms with E-state index in [4.69, 9.17) is 62.5 Å². The zero-order valence-electron chi connectivity index (χ0n) is 13.2. The summed E-state index contributed by atoms with van der Waals surface area (Å²) in [5.74, 6) is -6.06. The van der Waals surface area contributed by atoms with E-state index in [0.29, 0.717) is 0 Å². The monoisotopic (exact) mass is 394 g/mol. The van der Waals surface area contributed by atoms with Crippen LogP contribution in [-0.2, 0) is 0 Å². The second-order valence-electron chi connectivity index (χ2n) is 6.38. The lowest BCUT2D eigenvalue weighted by Gasteiger charge is -2.43. The summed E-state index contributed by atoms with van der Waals surface area (Å²) in [6.07, 6.45) is -19.9. The Balaban J connectivity index is 0.000000260. The second kappa shape index (κ2) is 7.78. The van der Waals surface area contributed by atoms with E-state index < -0.39 is 72.6 Å². The molecule has 0 aromatic carbocycles. The summed E-state index contributed by atoms with van der Waals surface area (Å²) >= 11 is 0. The molecule has 12 atom stereocenters. The molecule has 0 spiro atoms. The molecule has 14 heteroatoms. The van der Waals surface area contributed by atoms with Crippen LogP contribution in [0.2, 0.25) is 0 Å². The zero-order valence-corrected chi connectivity index (χ0v) is 13.2. The molecule has 2 aliphatic carbocycles. The number of halogens is 2. The van der Waals surface area contributed by atoms with Crippen LogP contribution in [0.1, 0.15) is 0 Å². The van der Waals surface area contributed by atoms with Crippen molar-refractivity contribution >= 4 is 0 Å². The molecular weight excluding hydrogens is 370 g/mol. The minimum Gasteiger partial charge on any atom is -0.387 e. The van der Waals surface area contributed by atoms with Gasteiger partial charge in [-0.3, -0.25) is 11.5 Å². The molecule has 0 aliphatic heterocycles. The summed E-state index contributed by atoms with van der Waals surface area (Å²) in [5, 5.41) is 89.8. The van der Waals surface area contributed by atoms with Crippen molar-refractivity contribution in [2.24, 2.45) is 11.5 Å². The van der Waals surface area contributed by atoms with Crippen LogP contribution in [0.3, 0.4) is 0 Å². The first-order valence-electron chi connectivity index (χ1n) is 7.36. The molecule has 2 aliphatic rings. The van der Waals surface area contributed by atoms with E-state index in [1.165, 1.54) is 0 Å². The molecule has 14 N–H and O–H groups in total. The molecule has 4 unspecified atom stereocenters. The van der Waals surface area contributed by atoms with Gasteiger partial charge in [-0.2, -0.15) is 0 Å². The second-order valence-corrected chi connectivity index (χ2v) is 6.38. The minimum absolute atomic E-state index is 1.82. The average Bonchev–Trinajstić information content (AvgIpc) is 2.59. The van der Waals surface area contributed by atoms with Crippen LogP contribution in [-0.4, -0.2) is 124 Å². The Bertz CT molecular complexity index is 409. The predicted octanol–water partition coefficient (Wildman–Crippen LogP) is -7.14. The van der Waals surface area contributed by atoms with Gasteiger partial charge in [-0.1, -0.05) is 0 Å². The molecular formula is C12H24F2N2O10. The topological polar surface area (TPSA) is 254 Å². The van der Waals surface area contributed by atoms with E-state index in [2.05, 4.69) is 0 Å². The van der Waals surface area contributed by atoms with Gasteiger partial charge in [-0.25, -0.2) is 8.78 Å². The van der Waals surface area contributed by atoms with E-state index in [-0.39, 0.29) is 0 Å². The lowest BCUT2D eigenvalue weighted by molar-refractivity contribution is -0.242. The highest BCUT2D eigenvalue weighted by molar-refractivity contribution is 5.06. The molecule has 2 saturated carbocycles. The molecule has 0 saturated heterocycles. The van der Waals surface area contributed by atoms with Crippen molar-refractivity contribution in [3.05, 3.63) is 0 Å². The maximum Gasteiger partial charge on any atom is 0.216 e. The fourth-order valence-electron chi connectivity index (χ4n) is 2.55. The summed E-state index contributed by atoms with van der Waals surface area (Å²) < 4.78 is 26.4. The number of hydrogen-bond acceptors (Lipinski definition) is 12. The van der Waals surface area contributed by atoms with E-state index in [9.17, 15) is 8.78 Å². The smallest absolute Gasteiger partial charge is 0.216 e. The van der Waals surface area contributed by atoms with Crippen molar-refractivity contribution in [2.45, 2.75) is 72.6 Å². The van der Waals surface area contributed by atoms with E-state index in [1.807, 2.05) is 0 Å². The predicted molar refractivity (Wildman–Crippen MR) is 76.1 cm³/mol. The minimum atomic E-state index is -3.03. The highest BCUT2D eigenvalue weighted by atomic mass is 19.2. The normalized spacial score (nSPS) is 57.9. The molecule has 26 heavy (non-hydrogen) atoms. The van der Waals surface area contributed by atoms with Gasteiger partial charge in [0.25, 0.3) is 0 Å². The van der Waals surface area contributed by atoms with Crippen LogP contribution >= 0.6 is 0 Å². The van der Waals surface area contributed by atoms with Crippen LogP contribution < -0.4 is 11.5 Å². The lowest BCUT2D eigenvalue weighted by Crippen LogP contribution is -2.72. The third kappa shape index (κ3) is 3.82. The fourth-order valence-corrected chi connectivity index (χ4v) is 2.55. The average molecular weight is 394 g/mol. The Morgan fingerprint density at radius 3 is 0.731 bits per heavy atom. The summed E-state index contributed by atoms with van der Waals surface area (Å²) in [4.78, 5) is 0. The number of aliphatic hydroxyl groups is 10. The van der Waals surface area contributed by atoms with Gasteiger partial charge in [0.15, 0.2) is 0 Å². The Kier molecular flexibility index (Phi) is 7.01. The summed E-state index contributed by atoms with van der Waals surface area (Å²) in [6.45, 7) is 0. The van der Waals surface area contributed by atoms with Crippen LogP contribution in [0.25, 0.3) is 0 Å². The SMILES string of the molecule is NC1(F)[C@H](O)[C@@H](O)C(O)[C@H](O)[C@@H]1O.NC1(F)[C@H](O)[C@@H](O)C(O)[C@H](O)[C@@H]1O. The summed E-state index contributed by atoms with van der Waals surface area (Å²) in [6, 6.07) is 0. The number of aliphatic hydroxyl groups excluding tert-OH is 10. The standard InChI is InChI=1S/2C6H12FNO5/c2*7-6(8)4(12)2(10)1(9)3(11)5(6)13/h2*1-5,9-13H,8H2/t2*1?,2-,3-,4-,5+,6?/m00/s1. The Hall–Kier alpha value is -0.620. The van der Waals surface area contributed by atoms with Crippen molar-refractivity contribution in [3.63, 3.8) is 0 Å². The van der Waals surface area contributed by atoms with Gasteiger partial charge in [0.05, 0.1) is 0 Å². The Morgan fingerprint density at radius 2 is 0.577 bits per heavy atom. The first-order chi connectivity index (χ1) is 11.6. The third-order valence-corrected chi connectivity index (χ3v) is 4.51. The third-order valence-electron chi connectivity index (χ3n) is 4.51. The van der Waals surface area contributed by atoms with Crippen LogP contribution in [0.15, 0.2) is 0 Å². The molecule has 0 heterocycles. The quantitative estimate of drug-likeness (QED) is 0.171. The van der Waals surface area contributed by atoms with E-state index in [0.717, 1.165) is 0 Å². The van der Waals surface area contributed by atoms with Crippen LogP contribution in [0.5, 0.6) is 0 Å². The van der Waals surface area contributed by atoms with Gasteiger partial charge in [0, 0.05) is 0 Å². The van der Waals surface area contributed by atoms with Gasteiger partial charge in [-0.15, -0.1) is 0 Å². The lowest BCUT2D eigenvalue weighted by atomic mass is 9.82. The number of hydrogen-bond donors (Lipinski definition) is 12. The largest absolute Gasteiger partial charge is 0.387 e.